The quantitative estimate of drug-likeness (QED) is 0.0966. The molecule has 1 fully saturated rings. The molecule has 7 heteroatoms. The SMILES string of the molecule is C=CCOCCC1CCC(c2ccc(-c3ccc(C#Cc4cc(F)c(Cl)c(F)c4)c(F)c3)c(F)c2)SC1. The van der Waals surface area contributed by atoms with Crippen molar-refractivity contribution in [3.63, 3.8) is 0 Å². The van der Waals surface area contributed by atoms with Gasteiger partial charge in [-0.15, -0.1) is 6.58 Å². The molecule has 1 aliphatic heterocycles. The fourth-order valence-electron chi connectivity index (χ4n) is 4.23. The van der Waals surface area contributed by atoms with E-state index in [9.17, 15) is 13.2 Å². The Morgan fingerprint density at radius 2 is 1.73 bits per heavy atom. The highest BCUT2D eigenvalue weighted by Crippen LogP contribution is 2.42. The molecule has 0 spiro atoms. The maximum atomic E-state index is 15.1. The Hall–Kier alpha value is -2.72. The molecule has 192 valence electrons. The van der Waals surface area contributed by atoms with Gasteiger partial charge in [-0.1, -0.05) is 47.7 Å². The first-order valence-corrected chi connectivity index (χ1v) is 13.3. The number of thioether (sulfide) groups is 1. The fourth-order valence-corrected chi connectivity index (χ4v) is 5.82. The molecule has 0 amide bonds. The molecular formula is C30H25ClF4OS. The molecule has 37 heavy (non-hydrogen) atoms. The van der Waals surface area contributed by atoms with E-state index in [2.05, 4.69) is 18.4 Å². The summed E-state index contributed by atoms with van der Waals surface area (Å²) in [5, 5.41) is -0.392. The molecule has 0 aromatic heterocycles. The van der Waals surface area contributed by atoms with E-state index in [1.54, 1.807) is 18.2 Å². The summed E-state index contributed by atoms with van der Waals surface area (Å²) < 4.78 is 62.5. The number of halogens is 5. The standard InChI is InChI=1S/C30H25ClF4OS/c1-2-12-36-13-11-19-4-10-29(37-18-19)23-8-9-24(26(33)17-23)22-7-6-21(25(32)16-22)5-3-20-14-27(34)30(31)28(35)15-20/h2,6-9,14-17,19,29H,1,4,10-13,18H2. The highest BCUT2D eigenvalue weighted by Gasteiger charge is 2.23. The Morgan fingerprint density at radius 3 is 2.38 bits per heavy atom. The second kappa shape index (κ2) is 12.7. The largest absolute Gasteiger partial charge is 0.377 e. The van der Waals surface area contributed by atoms with Crippen molar-refractivity contribution >= 4 is 23.4 Å². The van der Waals surface area contributed by atoms with Gasteiger partial charge in [-0.2, -0.15) is 11.8 Å². The number of rotatable bonds is 7. The number of ether oxygens (including phenoxy) is 1. The Morgan fingerprint density at radius 1 is 0.946 bits per heavy atom. The third kappa shape index (κ3) is 6.98. The molecule has 0 bridgehead atoms. The van der Waals surface area contributed by atoms with Crippen molar-refractivity contribution in [2.75, 3.05) is 19.0 Å². The van der Waals surface area contributed by atoms with Gasteiger partial charge in [0.1, 0.15) is 28.3 Å². The first kappa shape index (κ1) is 27.3. The van der Waals surface area contributed by atoms with Crippen LogP contribution in [0.25, 0.3) is 11.1 Å². The van der Waals surface area contributed by atoms with E-state index < -0.39 is 28.3 Å². The summed E-state index contributed by atoms with van der Waals surface area (Å²) >= 11 is 7.31. The Kier molecular flexibility index (Phi) is 9.37. The number of hydrogen-bond donors (Lipinski definition) is 0. The van der Waals surface area contributed by atoms with Gasteiger partial charge < -0.3 is 4.74 Å². The molecule has 2 atom stereocenters. The first-order valence-electron chi connectivity index (χ1n) is 11.9. The van der Waals surface area contributed by atoms with Crippen LogP contribution >= 0.6 is 23.4 Å². The Bertz CT molecular complexity index is 1320. The highest BCUT2D eigenvalue weighted by molar-refractivity contribution is 7.99. The zero-order valence-corrected chi connectivity index (χ0v) is 21.6. The lowest BCUT2D eigenvalue weighted by Crippen LogP contribution is -2.15. The zero-order chi connectivity index (χ0) is 26.4. The van der Waals surface area contributed by atoms with Gasteiger partial charge in [0.15, 0.2) is 0 Å². The molecule has 2 unspecified atom stereocenters. The lowest BCUT2D eigenvalue weighted by molar-refractivity contribution is 0.146. The summed E-state index contributed by atoms with van der Waals surface area (Å²) in [7, 11) is 0. The predicted molar refractivity (Wildman–Crippen MR) is 143 cm³/mol. The molecular weight excluding hydrogens is 520 g/mol. The molecule has 0 N–H and O–H groups in total. The van der Waals surface area contributed by atoms with Gasteiger partial charge in [0.25, 0.3) is 0 Å². The average molecular weight is 545 g/mol. The maximum absolute atomic E-state index is 15.1. The lowest BCUT2D eigenvalue weighted by atomic mass is 9.95. The van der Waals surface area contributed by atoms with Crippen LogP contribution in [-0.2, 0) is 4.74 Å². The maximum Gasteiger partial charge on any atom is 0.146 e. The van der Waals surface area contributed by atoms with Crippen LogP contribution < -0.4 is 0 Å². The van der Waals surface area contributed by atoms with Crippen molar-refractivity contribution in [1.29, 1.82) is 0 Å². The van der Waals surface area contributed by atoms with Gasteiger partial charge in [0.05, 0.1) is 12.2 Å². The molecule has 0 radical (unpaired) electrons. The molecule has 1 heterocycles. The molecule has 3 aromatic rings. The fraction of sp³-hybridized carbons (Fsp3) is 0.267. The summed E-state index contributed by atoms with van der Waals surface area (Å²) in [4.78, 5) is 0. The van der Waals surface area contributed by atoms with Crippen molar-refractivity contribution in [3.8, 4) is 23.0 Å². The van der Waals surface area contributed by atoms with E-state index in [-0.39, 0.29) is 16.4 Å². The zero-order valence-electron chi connectivity index (χ0n) is 20.0. The minimum atomic E-state index is -0.944. The molecule has 4 rings (SSSR count). The third-order valence-electron chi connectivity index (χ3n) is 6.25. The van der Waals surface area contributed by atoms with Crippen LogP contribution in [0.4, 0.5) is 17.6 Å². The van der Waals surface area contributed by atoms with Gasteiger partial charge >= 0.3 is 0 Å². The van der Waals surface area contributed by atoms with Crippen LogP contribution in [-0.4, -0.2) is 19.0 Å². The normalized spacial score (nSPS) is 17.2. The molecule has 0 aliphatic carbocycles. The molecule has 1 nitrogen and oxygen atoms in total. The Balaban J connectivity index is 1.42. The van der Waals surface area contributed by atoms with Crippen LogP contribution in [0.3, 0.4) is 0 Å². The van der Waals surface area contributed by atoms with E-state index in [0.29, 0.717) is 23.7 Å². The van der Waals surface area contributed by atoms with Crippen molar-refractivity contribution < 1.29 is 22.3 Å². The highest BCUT2D eigenvalue weighted by atomic mass is 35.5. The minimum absolute atomic E-state index is 0.0254. The van der Waals surface area contributed by atoms with Gasteiger partial charge in [0, 0.05) is 23.0 Å². The van der Waals surface area contributed by atoms with Crippen LogP contribution in [0.2, 0.25) is 5.02 Å². The topological polar surface area (TPSA) is 9.23 Å². The summed E-state index contributed by atoms with van der Waals surface area (Å²) in [6.45, 7) is 4.94. The molecule has 1 saturated heterocycles. The minimum Gasteiger partial charge on any atom is -0.377 e. The van der Waals surface area contributed by atoms with Gasteiger partial charge in [-0.25, -0.2) is 17.6 Å². The van der Waals surface area contributed by atoms with E-state index in [4.69, 9.17) is 16.3 Å². The van der Waals surface area contributed by atoms with Crippen LogP contribution in [0.5, 0.6) is 0 Å². The smallest absolute Gasteiger partial charge is 0.146 e. The van der Waals surface area contributed by atoms with Crippen LogP contribution in [0.15, 0.2) is 61.2 Å². The van der Waals surface area contributed by atoms with Gasteiger partial charge in [0.2, 0.25) is 0 Å². The van der Waals surface area contributed by atoms with Gasteiger partial charge in [-0.05, 0) is 72.4 Å². The average Bonchev–Trinajstić information content (AvgIpc) is 2.89. The van der Waals surface area contributed by atoms with E-state index in [1.807, 2.05) is 17.8 Å². The second-order valence-corrected chi connectivity index (χ2v) is 10.5. The number of benzene rings is 3. The predicted octanol–water partition coefficient (Wildman–Crippen LogP) is 8.74. The van der Waals surface area contributed by atoms with Crippen LogP contribution in [0.1, 0.15) is 41.2 Å². The summed E-state index contributed by atoms with van der Waals surface area (Å²) in [5.74, 6) is 3.73. The number of hydrogen-bond acceptors (Lipinski definition) is 2. The Labute approximate surface area is 223 Å². The van der Waals surface area contributed by atoms with Crippen molar-refractivity contribution in [1.82, 2.24) is 0 Å². The lowest BCUT2D eigenvalue weighted by Gasteiger charge is -2.28. The summed E-state index contributed by atoms with van der Waals surface area (Å²) in [5.41, 5.74) is 1.66. The summed E-state index contributed by atoms with van der Waals surface area (Å²) in [6, 6.07) is 11.3. The van der Waals surface area contributed by atoms with Crippen molar-refractivity contribution in [3.05, 3.63) is 106 Å². The van der Waals surface area contributed by atoms with Gasteiger partial charge in [-0.3, -0.25) is 0 Å². The monoisotopic (exact) mass is 544 g/mol. The molecule has 1 aliphatic rings. The van der Waals surface area contributed by atoms with Crippen LogP contribution in [0, 0.1) is 41.0 Å². The van der Waals surface area contributed by atoms with Crippen molar-refractivity contribution in [2.24, 2.45) is 5.92 Å². The van der Waals surface area contributed by atoms with E-state index in [1.165, 1.54) is 18.2 Å². The van der Waals surface area contributed by atoms with E-state index in [0.717, 1.165) is 49.3 Å². The first-order chi connectivity index (χ1) is 17.9. The molecule has 0 saturated carbocycles. The third-order valence-corrected chi connectivity index (χ3v) is 8.18. The van der Waals surface area contributed by atoms with Crippen molar-refractivity contribution in [2.45, 2.75) is 24.5 Å². The summed E-state index contributed by atoms with van der Waals surface area (Å²) in [6.07, 6.45) is 4.80. The molecule has 3 aromatic carbocycles. The second-order valence-electron chi connectivity index (χ2n) is 8.86. The van der Waals surface area contributed by atoms with E-state index >= 15 is 4.39 Å².